The maximum atomic E-state index is 12.0. The molecule has 0 aromatic carbocycles. The van der Waals surface area contributed by atoms with Crippen LogP contribution in [0.25, 0.3) is 0 Å². The topological polar surface area (TPSA) is 96.0 Å². The van der Waals surface area contributed by atoms with Gasteiger partial charge in [0, 0.05) is 12.1 Å². The van der Waals surface area contributed by atoms with E-state index in [9.17, 15) is 17.2 Å². The van der Waals surface area contributed by atoms with Gasteiger partial charge in [0.15, 0.2) is 0 Å². The third-order valence-corrected chi connectivity index (χ3v) is 5.31. The first-order valence-electron chi connectivity index (χ1n) is 7.41. The highest BCUT2D eigenvalue weighted by Crippen LogP contribution is 2.25. The Morgan fingerprint density at radius 2 is 1.65 bits per heavy atom. The Labute approximate surface area is 143 Å². The lowest BCUT2D eigenvalue weighted by atomic mass is 9.90. The molecule has 0 rings (SSSR count). The summed E-state index contributed by atoms with van der Waals surface area (Å²) < 4.78 is 57.2. The fourth-order valence-electron chi connectivity index (χ4n) is 1.85. The van der Waals surface area contributed by atoms with Gasteiger partial charge in [0.25, 0.3) is 0 Å². The van der Waals surface area contributed by atoms with E-state index in [0.717, 1.165) is 6.26 Å². The lowest BCUT2D eigenvalue weighted by Crippen LogP contribution is -2.51. The average molecular weight is 373 g/mol. The van der Waals surface area contributed by atoms with Crippen LogP contribution in [-0.2, 0) is 30.3 Å². The highest BCUT2D eigenvalue weighted by atomic mass is 32.2. The number of hydrogen-bond acceptors (Lipinski definition) is 6. The van der Waals surface area contributed by atoms with Crippen molar-refractivity contribution < 1.29 is 26.1 Å². The zero-order chi connectivity index (χ0) is 18.6. The van der Waals surface area contributed by atoms with Gasteiger partial charge in [-0.25, -0.2) is 12.6 Å². The number of rotatable bonds is 8. The molecular weight excluding hydrogens is 342 g/mol. The first-order chi connectivity index (χ1) is 10.0. The van der Waals surface area contributed by atoms with Gasteiger partial charge in [-0.05, 0) is 33.1 Å². The number of sulfonamides is 1. The molecule has 0 aromatic rings. The number of nitrogens with zero attached hydrogens (tertiary/aromatic N) is 1. The molecule has 1 unspecified atom stereocenters. The summed E-state index contributed by atoms with van der Waals surface area (Å²) in [7, 11) is -3.48. The standard InChI is InChI=1S/C14H31NO6S2/c1-11(13(2,3)4)21-12(10-20-22(16)17)9-15(14(5,6)7)23(8,18)19/h11-12H,9-10H2,1-8H3,(H,16,17)/p-1/t11-,12-/m0/s1. The monoisotopic (exact) mass is 372 g/mol. The maximum Gasteiger partial charge on any atom is 0.211 e. The minimum atomic E-state index is -3.48. The summed E-state index contributed by atoms with van der Waals surface area (Å²) in [4.78, 5) is 0. The minimum absolute atomic E-state index is 0.0138. The minimum Gasteiger partial charge on any atom is -0.750 e. The molecule has 9 heteroatoms. The van der Waals surface area contributed by atoms with Gasteiger partial charge < -0.3 is 9.29 Å². The number of hydrogen-bond donors (Lipinski definition) is 0. The SMILES string of the molecule is C[C@H](O[C@H](COS(=O)[O-])CN(C(C)(C)C)S(C)(=O)=O)C(C)(C)C. The van der Waals surface area contributed by atoms with Crippen molar-refractivity contribution in [3.63, 3.8) is 0 Å². The molecule has 0 heterocycles. The molecule has 0 N–H and O–H groups in total. The van der Waals surface area contributed by atoms with Gasteiger partial charge in [0.1, 0.15) is 0 Å². The highest BCUT2D eigenvalue weighted by molar-refractivity contribution is 7.88. The Kier molecular flexibility index (Phi) is 8.33. The van der Waals surface area contributed by atoms with E-state index in [4.69, 9.17) is 4.74 Å². The van der Waals surface area contributed by atoms with Crippen LogP contribution in [0.1, 0.15) is 48.5 Å². The fourth-order valence-corrected chi connectivity index (χ4v) is 3.55. The third kappa shape index (κ3) is 9.11. The average Bonchev–Trinajstić information content (AvgIpc) is 2.27. The van der Waals surface area contributed by atoms with Crippen LogP contribution in [0.5, 0.6) is 0 Å². The van der Waals surface area contributed by atoms with E-state index in [2.05, 4.69) is 4.18 Å². The van der Waals surface area contributed by atoms with E-state index < -0.39 is 33.0 Å². The smallest absolute Gasteiger partial charge is 0.211 e. The second-order valence-corrected chi connectivity index (χ2v) is 10.3. The molecule has 0 spiro atoms. The number of ether oxygens (including phenoxy) is 1. The first kappa shape index (κ1) is 22.9. The van der Waals surface area contributed by atoms with Gasteiger partial charge in [-0.1, -0.05) is 20.8 Å². The summed E-state index contributed by atoms with van der Waals surface area (Å²) >= 11 is -2.68. The second-order valence-electron chi connectivity index (χ2n) is 7.72. The summed E-state index contributed by atoms with van der Waals surface area (Å²) in [6, 6.07) is 0. The van der Waals surface area contributed by atoms with Gasteiger partial charge in [-0.15, -0.1) is 0 Å². The molecule has 23 heavy (non-hydrogen) atoms. The molecule has 0 aliphatic rings. The van der Waals surface area contributed by atoms with Crippen molar-refractivity contribution in [1.82, 2.24) is 4.31 Å². The normalized spacial score (nSPS) is 18.0. The molecule has 0 saturated carbocycles. The summed E-state index contributed by atoms with van der Waals surface area (Å²) in [5.74, 6) is 0. The lowest BCUT2D eigenvalue weighted by molar-refractivity contribution is -0.0789. The molecule has 0 aromatic heterocycles. The van der Waals surface area contributed by atoms with E-state index in [1.165, 1.54) is 4.31 Å². The van der Waals surface area contributed by atoms with E-state index in [1.54, 1.807) is 20.8 Å². The van der Waals surface area contributed by atoms with Gasteiger partial charge >= 0.3 is 0 Å². The molecule has 0 saturated heterocycles. The van der Waals surface area contributed by atoms with Crippen LogP contribution in [0, 0.1) is 5.41 Å². The maximum absolute atomic E-state index is 12.0. The Morgan fingerprint density at radius 1 is 1.17 bits per heavy atom. The lowest BCUT2D eigenvalue weighted by Gasteiger charge is -2.38. The van der Waals surface area contributed by atoms with Gasteiger partial charge in [-0.2, -0.15) is 4.31 Å². The molecule has 0 fully saturated rings. The fraction of sp³-hybridized carbons (Fsp3) is 1.00. The van der Waals surface area contributed by atoms with Crippen molar-refractivity contribution >= 4 is 21.4 Å². The summed E-state index contributed by atoms with van der Waals surface area (Å²) in [5, 5.41) is 0. The first-order valence-corrected chi connectivity index (χ1v) is 10.3. The summed E-state index contributed by atoms with van der Waals surface area (Å²) in [6.45, 7) is 12.9. The molecule has 140 valence electrons. The molecule has 7 nitrogen and oxygen atoms in total. The van der Waals surface area contributed by atoms with Gasteiger partial charge in [-0.3, -0.25) is 4.18 Å². The predicted octanol–water partition coefficient (Wildman–Crippen LogP) is 1.68. The molecule has 0 aliphatic heterocycles. The third-order valence-electron chi connectivity index (χ3n) is 3.48. The molecular formula is C14H30NO6S2-. The van der Waals surface area contributed by atoms with E-state index in [0.29, 0.717) is 0 Å². The largest absolute Gasteiger partial charge is 0.750 e. The summed E-state index contributed by atoms with van der Waals surface area (Å²) in [5.41, 5.74) is -0.830. The van der Waals surface area contributed by atoms with Crippen LogP contribution in [0.2, 0.25) is 0 Å². The van der Waals surface area contributed by atoms with Crippen LogP contribution in [-0.4, -0.2) is 58.6 Å². The van der Waals surface area contributed by atoms with Crippen LogP contribution in [0.3, 0.4) is 0 Å². The van der Waals surface area contributed by atoms with Crippen molar-refractivity contribution in [3.8, 4) is 0 Å². The van der Waals surface area contributed by atoms with Gasteiger partial charge in [0.05, 0.1) is 36.4 Å². The Balaban J connectivity index is 5.30. The zero-order valence-electron chi connectivity index (χ0n) is 15.3. The van der Waals surface area contributed by atoms with Crippen LogP contribution >= 0.6 is 0 Å². The zero-order valence-corrected chi connectivity index (χ0v) is 16.9. The van der Waals surface area contributed by atoms with E-state index in [-0.39, 0.29) is 24.7 Å². The van der Waals surface area contributed by atoms with Crippen molar-refractivity contribution in [2.45, 2.75) is 66.2 Å². The van der Waals surface area contributed by atoms with Crippen molar-refractivity contribution in [1.29, 1.82) is 0 Å². The summed E-state index contributed by atoms with van der Waals surface area (Å²) in [6.07, 6.45) is 0.211. The van der Waals surface area contributed by atoms with Crippen molar-refractivity contribution in [3.05, 3.63) is 0 Å². The molecule has 3 atom stereocenters. The molecule has 0 bridgehead atoms. The van der Waals surface area contributed by atoms with Crippen LogP contribution in [0.15, 0.2) is 0 Å². The van der Waals surface area contributed by atoms with E-state index >= 15 is 0 Å². The quantitative estimate of drug-likeness (QED) is 0.602. The van der Waals surface area contributed by atoms with Crippen LogP contribution in [0.4, 0.5) is 0 Å². The highest BCUT2D eigenvalue weighted by Gasteiger charge is 2.34. The Morgan fingerprint density at radius 3 is 1.96 bits per heavy atom. The molecule has 0 aliphatic carbocycles. The van der Waals surface area contributed by atoms with E-state index in [1.807, 2.05) is 27.7 Å². The van der Waals surface area contributed by atoms with Crippen molar-refractivity contribution in [2.75, 3.05) is 19.4 Å². The Hall–Kier alpha value is -0.0600. The Bertz CT molecular complexity index is 492. The molecule has 0 radical (unpaired) electrons. The molecule has 0 amide bonds. The van der Waals surface area contributed by atoms with Crippen molar-refractivity contribution in [2.24, 2.45) is 5.41 Å². The van der Waals surface area contributed by atoms with Crippen LogP contribution < -0.4 is 0 Å². The van der Waals surface area contributed by atoms with Gasteiger partial charge in [0.2, 0.25) is 10.0 Å². The second kappa shape index (κ2) is 8.35. The predicted molar refractivity (Wildman–Crippen MR) is 90.0 cm³/mol.